The summed E-state index contributed by atoms with van der Waals surface area (Å²) in [6, 6.07) is 3.91. The maximum atomic E-state index is 11.5. The fraction of sp³-hybridized carbons (Fsp3) is 0.538. The molecule has 0 saturated heterocycles. The first-order valence-corrected chi connectivity index (χ1v) is 8.63. The van der Waals surface area contributed by atoms with E-state index in [2.05, 4.69) is 10.2 Å². The van der Waals surface area contributed by atoms with Crippen LogP contribution in [0.1, 0.15) is 13.8 Å². The minimum atomic E-state index is -3.46. The largest absolute Gasteiger partial charge is 0.378 e. The summed E-state index contributed by atoms with van der Waals surface area (Å²) < 4.78 is 22.9. The van der Waals surface area contributed by atoms with Gasteiger partial charge in [0.2, 0.25) is 0 Å². The second-order valence-corrected chi connectivity index (χ2v) is 6.68. The molecule has 0 atom stereocenters. The third-order valence-electron chi connectivity index (χ3n) is 3.23. The maximum Gasteiger partial charge on any atom is 0.293 e. The Bertz CT molecular complexity index is 597. The van der Waals surface area contributed by atoms with E-state index in [9.17, 15) is 18.5 Å². The molecule has 0 unspecified atom stereocenters. The van der Waals surface area contributed by atoms with Crippen LogP contribution in [0.3, 0.4) is 0 Å². The van der Waals surface area contributed by atoms with E-state index in [1.54, 1.807) is 0 Å². The summed E-state index contributed by atoms with van der Waals surface area (Å²) in [5, 5.41) is 14.1. The van der Waals surface area contributed by atoms with Gasteiger partial charge in [0.05, 0.1) is 9.82 Å². The first-order valence-electron chi connectivity index (χ1n) is 6.74. The molecule has 1 rings (SSSR count). The van der Waals surface area contributed by atoms with E-state index in [0.29, 0.717) is 12.2 Å². The van der Waals surface area contributed by atoms with Gasteiger partial charge in [-0.3, -0.25) is 10.1 Å². The van der Waals surface area contributed by atoms with Crippen LogP contribution in [0, 0.1) is 10.1 Å². The monoisotopic (exact) mass is 315 g/mol. The van der Waals surface area contributed by atoms with Crippen molar-refractivity contribution in [3.63, 3.8) is 0 Å². The van der Waals surface area contributed by atoms with Crippen LogP contribution in [0.15, 0.2) is 23.1 Å². The molecular weight excluding hydrogens is 294 g/mol. The number of benzene rings is 1. The number of rotatable bonds is 8. The smallest absolute Gasteiger partial charge is 0.293 e. The van der Waals surface area contributed by atoms with Crippen molar-refractivity contribution in [3.8, 4) is 0 Å². The van der Waals surface area contributed by atoms with Gasteiger partial charge < -0.3 is 10.2 Å². The van der Waals surface area contributed by atoms with Gasteiger partial charge in [0.15, 0.2) is 9.84 Å². The standard InChI is InChI=1S/C13H21N3O4S/c1-4-15(5-2)9-8-14-12-7-6-11(21(3,19)20)10-13(12)16(17)18/h6-7,10,14H,4-5,8-9H2,1-3H3. The predicted octanol–water partition coefficient (Wildman–Crippen LogP) is 1.75. The van der Waals surface area contributed by atoms with Crippen molar-refractivity contribution in [1.29, 1.82) is 0 Å². The second-order valence-electron chi connectivity index (χ2n) is 4.66. The predicted molar refractivity (Wildman–Crippen MR) is 82.5 cm³/mol. The van der Waals surface area contributed by atoms with Gasteiger partial charge in [-0.2, -0.15) is 0 Å². The van der Waals surface area contributed by atoms with E-state index in [1.807, 2.05) is 13.8 Å². The number of sulfone groups is 1. The lowest BCUT2D eigenvalue weighted by Gasteiger charge is -2.18. The van der Waals surface area contributed by atoms with Crippen molar-refractivity contribution in [2.24, 2.45) is 0 Å². The van der Waals surface area contributed by atoms with Crippen molar-refractivity contribution in [3.05, 3.63) is 28.3 Å². The van der Waals surface area contributed by atoms with Crippen LogP contribution in [0.4, 0.5) is 11.4 Å². The number of nitrogens with one attached hydrogen (secondary N) is 1. The summed E-state index contributed by atoms with van der Waals surface area (Å²) in [5.74, 6) is 0. The molecule has 0 amide bonds. The molecule has 1 aromatic carbocycles. The third kappa shape index (κ3) is 4.98. The Morgan fingerprint density at radius 2 is 1.90 bits per heavy atom. The van der Waals surface area contributed by atoms with E-state index in [4.69, 9.17) is 0 Å². The summed E-state index contributed by atoms with van der Waals surface area (Å²) in [6.07, 6.45) is 1.03. The molecule has 7 nitrogen and oxygen atoms in total. The Labute approximate surface area is 125 Å². The van der Waals surface area contributed by atoms with Crippen molar-refractivity contribution >= 4 is 21.2 Å². The normalized spacial score (nSPS) is 11.6. The zero-order chi connectivity index (χ0) is 16.0. The highest BCUT2D eigenvalue weighted by molar-refractivity contribution is 7.90. The number of hydrogen-bond acceptors (Lipinski definition) is 6. The number of nitro groups is 1. The lowest BCUT2D eigenvalue weighted by molar-refractivity contribution is -0.384. The fourth-order valence-corrected chi connectivity index (χ4v) is 2.57. The van der Waals surface area contributed by atoms with Crippen molar-refractivity contribution in [1.82, 2.24) is 4.90 Å². The molecule has 1 N–H and O–H groups in total. The zero-order valence-electron chi connectivity index (χ0n) is 12.5. The number of likely N-dealkylation sites (N-methyl/N-ethyl adjacent to an activating group) is 1. The van der Waals surface area contributed by atoms with Crippen LogP contribution in [-0.4, -0.2) is 50.7 Å². The highest BCUT2D eigenvalue weighted by Gasteiger charge is 2.18. The summed E-state index contributed by atoms with van der Waals surface area (Å²) in [6.45, 7) is 7.24. The molecule has 0 saturated carbocycles. The van der Waals surface area contributed by atoms with Crippen molar-refractivity contribution in [2.75, 3.05) is 37.8 Å². The van der Waals surface area contributed by atoms with Gasteiger partial charge >= 0.3 is 0 Å². The van der Waals surface area contributed by atoms with E-state index < -0.39 is 14.8 Å². The van der Waals surface area contributed by atoms with Crippen LogP contribution in [0.25, 0.3) is 0 Å². The average Bonchev–Trinajstić information content (AvgIpc) is 2.42. The third-order valence-corrected chi connectivity index (χ3v) is 4.34. The summed E-state index contributed by atoms with van der Waals surface area (Å²) >= 11 is 0. The Morgan fingerprint density at radius 3 is 2.38 bits per heavy atom. The lowest BCUT2D eigenvalue weighted by Crippen LogP contribution is -2.28. The minimum absolute atomic E-state index is 0.0523. The van der Waals surface area contributed by atoms with Crippen molar-refractivity contribution < 1.29 is 13.3 Å². The molecule has 8 heteroatoms. The van der Waals surface area contributed by atoms with Gasteiger partial charge in [-0.1, -0.05) is 13.8 Å². The molecule has 1 aromatic rings. The Morgan fingerprint density at radius 1 is 1.29 bits per heavy atom. The molecule has 0 aliphatic carbocycles. The molecule has 0 aliphatic rings. The van der Waals surface area contributed by atoms with Gasteiger partial charge in [-0.05, 0) is 25.2 Å². The van der Waals surface area contributed by atoms with Crippen molar-refractivity contribution in [2.45, 2.75) is 18.7 Å². The quantitative estimate of drug-likeness (QED) is 0.580. The molecule has 0 bridgehead atoms. The molecule has 21 heavy (non-hydrogen) atoms. The summed E-state index contributed by atoms with van der Waals surface area (Å²) in [7, 11) is -3.46. The second kappa shape index (κ2) is 7.37. The van der Waals surface area contributed by atoms with Gasteiger partial charge in [-0.15, -0.1) is 0 Å². The summed E-state index contributed by atoms with van der Waals surface area (Å²) in [4.78, 5) is 12.6. The zero-order valence-corrected chi connectivity index (χ0v) is 13.3. The number of nitro benzene ring substituents is 1. The highest BCUT2D eigenvalue weighted by atomic mass is 32.2. The van der Waals surface area contributed by atoms with Crippen LogP contribution >= 0.6 is 0 Å². The number of anilines is 1. The SMILES string of the molecule is CCN(CC)CCNc1ccc(S(C)(=O)=O)cc1[N+](=O)[O-]. The molecule has 0 radical (unpaired) electrons. The molecule has 118 valence electrons. The Hall–Kier alpha value is -1.67. The van der Waals surface area contributed by atoms with Gasteiger partial charge in [0.25, 0.3) is 5.69 Å². The number of hydrogen-bond donors (Lipinski definition) is 1. The fourth-order valence-electron chi connectivity index (χ4n) is 1.93. The Kier molecular flexibility index (Phi) is 6.10. The van der Waals surface area contributed by atoms with E-state index in [0.717, 1.165) is 32.0 Å². The summed E-state index contributed by atoms with van der Waals surface area (Å²) in [5.41, 5.74) is 0.108. The first-order chi connectivity index (χ1) is 9.79. The molecule has 0 spiro atoms. The lowest BCUT2D eigenvalue weighted by atomic mass is 10.2. The molecule has 0 fully saturated rings. The van der Waals surface area contributed by atoms with E-state index >= 15 is 0 Å². The first kappa shape index (κ1) is 17.4. The van der Waals surface area contributed by atoms with Crippen LogP contribution in [-0.2, 0) is 9.84 Å². The average molecular weight is 315 g/mol. The topological polar surface area (TPSA) is 92.6 Å². The minimum Gasteiger partial charge on any atom is -0.378 e. The van der Waals surface area contributed by atoms with Crippen LogP contribution in [0.2, 0.25) is 0 Å². The van der Waals surface area contributed by atoms with Crippen LogP contribution < -0.4 is 5.32 Å². The molecular formula is C13H21N3O4S. The van der Waals surface area contributed by atoms with Gasteiger partial charge in [0.1, 0.15) is 5.69 Å². The molecule has 0 aromatic heterocycles. The van der Waals surface area contributed by atoms with E-state index in [1.165, 1.54) is 12.1 Å². The molecule has 0 heterocycles. The van der Waals surface area contributed by atoms with Crippen LogP contribution in [0.5, 0.6) is 0 Å². The van der Waals surface area contributed by atoms with Gasteiger partial charge in [0, 0.05) is 25.4 Å². The van der Waals surface area contributed by atoms with Gasteiger partial charge in [-0.25, -0.2) is 8.42 Å². The van der Waals surface area contributed by atoms with E-state index in [-0.39, 0.29) is 10.6 Å². The highest BCUT2D eigenvalue weighted by Crippen LogP contribution is 2.27. The number of nitrogens with zero attached hydrogens (tertiary/aromatic N) is 2. The molecule has 0 aliphatic heterocycles. The Balaban J connectivity index is 2.90. The maximum absolute atomic E-state index is 11.5.